The standard InChI is InChI=1S/C25H42N2O5Si/c1-24(2,3)32-23(30)27-15-14-26(20(17-28)18-31-33(7,8)25(4,5)6)22(29)21(27)16-19-12-10-9-11-13-19/h9-13,20-21,28H,14-18H2,1-8H3/t20-,21+/m0/s1. The fourth-order valence-corrected chi connectivity index (χ4v) is 4.55. The van der Waals surface area contributed by atoms with E-state index in [0.717, 1.165) is 5.56 Å². The second-order valence-electron chi connectivity index (χ2n) is 11.3. The van der Waals surface area contributed by atoms with Crippen LogP contribution >= 0.6 is 0 Å². The third-order valence-corrected chi connectivity index (χ3v) is 11.0. The number of carbonyl (C=O) groups is 2. The third-order valence-electron chi connectivity index (χ3n) is 6.52. The van der Waals surface area contributed by atoms with Gasteiger partial charge in [-0.05, 0) is 44.5 Å². The molecule has 2 rings (SSSR count). The minimum Gasteiger partial charge on any atom is -0.444 e. The molecular formula is C25H42N2O5Si. The van der Waals surface area contributed by atoms with Gasteiger partial charge in [-0.3, -0.25) is 9.69 Å². The van der Waals surface area contributed by atoms with Crippen molar-refractivity contribution in [1.29, 1.82) is 0 Å². The maximum atomic E-state index is 13.7. The van der Waals surface area contributed by atoms with Crippen LogP contribution in [0.5, 0.6) is 0 Å². The Hall–Kier alpha value is -1.90. The molecule has 0 bridgehead atoms. The normalized spacial score (nSPS) is 18.9. The minimum atomic E-state index is -2.04. The first-order chi connectivity index (χ1) is 15.2. The molecule has 8 heteroatoms. The number of aliphatic hydroxyl groups is 1. The second kappa shape index (κ2) is 10.6. The number of nitrogens with zero attached hydrogens (tertiary/aromatic N) is 2. The fourth-order valence-electron chi connectivity index (χ4n) is 3.50. The molecule has 0 aliphatic carbocycles. The van der Waals surface area contributed by atoms with Crippen molar-refractivity contribution in [1.82, 2.24) is 9.80 Å². The summed E-state index contributed by atoms with van der Waals surface area (Å²) < 4.78 is 11.9. The van der Waals surface area contributed by atoms with Crippen molar-refractivity contribution >= 4 is 20.3 Å². The Labute approximate surface area is 200 Å². The van der Waals surface area contributed by atoms with Gasteiger partial charge in [0.2, 0.25) is 5.91 Å². The molecule has 33 heavy (non-hydrogen) atoms. The predicted octanol–water partition coefficient (Wildman–Crippen LogP) is 4.06. The average molecular weight is 479 g/mol. The maximum Gasteiger partial charge on any atom is 0.411 e. The van der Waals surface area contributed by atoms with Gasteiger partial charge in [0.25, 0.3) is 0 Å². The average Bonchev–Trinajstić information content (AvgIpc) is 2.69. The molecule has 0 aromatic heterocycles. The minimum absolute atomic E-state index is 0.0300. The number of aliphatic hydroxyl groups excluding tert-OH is 1. The van der Waals surface area contributed by atoms with Crippen LogP contribution in [0.2, 0.25) is 18.1 Å². The monoisotopic (exact) mass is 478 g/mol. The van der Waals surface area contributed by atoms with Crippen LogP contribution in [0.15, 0.2) is 30.3 Å². The molecule has 186 valence electrons. The molecule has 1 N–H and O–H groups in total. The molecule has 1 aromatic rings. The first kappa shape index (κ1) is 27.3. The van der Waals surface area contributed by atoms with Gasteiger partial charge in [0.05, 0.1) is 19.3 Å². The third kappa shape index (κ3) is 7.29. The zero-order valence-electron chi connectivity index (χ0n) is 21.6. The van der Waals surface area contributed by atoms with Crippen LogP contribution in [-0.2, 0) is 20.4 Å². The second-order valence-corrected chi connectivity index (χ2v) is 16.1. The summed E-state index contributed by atoms with van der Waals surface area (Å²) in [6.45, 7) is 17.0. The summed E-state index contributed by atoms with van der Waals surface area (Å²) in [6, 6.07) is 8.50. The molecule has 1 aliphatic heterocycles. The van der Waals surface area contributed by atoms with Crippen molar-refractivity contribution in [3.05, 3.63) is 35.9 Å². The Morgan fingerprint density at radius 3 is 2.24 bits per heavy atom. The molecule has 0 spiro atoms. The van der Waals surface area contributed by atoms with Gasteiger partial charge < -0.3 is 19.2 Å². The van der Waals surface area contributed by atoms with Crippen LogP contribution in [0, 0.1) is 0 Å². The van der Waals surface area contributed by atoms with E-state index < -0.39 is 32.1 Å². The van der Waals surface area contributed by atoms with E-state index in [-0.39, 0.29) is 24.2 Å². The number of hydrogen-bond acceptors (Lipinski definition) is 5. The van der Waals surface area contributed by atoms with Crippen LogP contribution in [0.1, 0.15) is 47.1 Å². The van der Waals surface area contributed by atoms with Crippen molar-refractivity contribution in [2.24, 2.45) is 0 Å². The molecule has 1 aliphatic rings. The van der Waals surface area contributed by atoms with Gasteiger partial charge in [0.15, 0.2) is 8.32 Å². The van der Waals surface area contributed by atoms with E-state index in [1.54, 1.807) is 4.90 Å². The molecule has 2 amide bonds. The van der Waals surface area contributed by atoms with Gasteiger partial charge in [0, 0.05) is 19.5 Å². The van der Waals surface area contributed by atoms with Crippen LogP contribution < -0.4 is 0 Å². The Morgan fingerprint density at radius 1 is 1.12 bits per heavy atom. The van der Waals surface area contributed by atoms with Crippen LogP contribution in [0.3, 0.4) is 0 Å². The lowest BCUT2D eigenvalue weighted by molar-refractivity contribution is -0.146. The van der Waals surface area contributed by atoms with Crippen LogP contribution in [0.25, 0.3) is 0 Å². The first-order valence-electron chi connectivity index (χ1n) is 11.7. The molecule has 0 radical (unpaired) electrons. The van der Waals surface area contributed by atoms with E-state index in [2.05, 4.69) is 33.9 Å². The highest BCUT2D eigenvalue weighted by Crippen LogP contribution is 2.36. The molecule has 0 saturated carbocycles. The number of amides is 2. The summed E-state index contributed by atoms with van der Waals surface area (Å²) in [7, 11) is -2.04. The molecule has 1 heterocycles. The highest BCUT2D eigenvalue weighted by atomic mass is 28.4. The maximum absolute atomic E-state index is 13.7. The lowest BCUT2D eigenvalue weighted by Crippen LogP contribution is -2.63. The van der Waals surface area contributed by atoms with Crippen molar-refractivity contribution in [3.8, 4) is 0 Å². The highest BCUT2D eigenvalue weighted by molar-refractivity contribution is 6.74. The molecule has 1 saturated heterocycles. The van der Waals surface area contributed by atoms with Gasteiger partial charge in [-0.15, -0.1) is 0 Å². The molecule has 7 nitrogen and oxygen atoms in total. The van der Waals surface area contributed by atoms with Crippen molar-refractivity contribution in [2.45, 2.75) is 83.8 Å². The summed E-state index contributed by atoms with van der Waals surface area (Å²) in [5.41, 5.74) is 0.309. The number of hydrogen-bond donors (Lipinski definition) is 1. The number of piperazine rings is 1. The topological polar surface area (TPSA) is 79.3 Å². The molecular weight excluding hydrogens is 436 g/mol. The predicted molar refractivity (Wildman–Crippen MR) is 133 cm³/mol. The van der Waals surface area contributed by atoms with Crippen LogP contribution in [0.4, 0.5) is 4.79 Å². The lowest BCUT2D eigenvalue weighted by atomic mass is 10.0. The van der Waals surface area contributed by atoms with E-state index in [4.69, 9.17) is 9.16 Å². The number of rotatable bonds is 7. The Bertz CT molecular complexity index is 801. The lowest BCUT2D eigenvalue weighted by Gasteiger charge is -2.44. The Kier molecular flexibility index (Phi) is 8.76. The van der Waals surface area contributed by atoms with Crippen molar-refractivity contribution in [2.75, 3.05) is 26.3 Å². The molecule has 1 aromatic carbocycles. The van der Waals surface area contributed by atoms with Gasteiger partial charge in [-0.1, -0.05) is 51.1 Å². The smallest absolute Gasteiger partial charge is 0.411 e. The zero-order chi connectivity index (χ0) is 25.0. The van der Waals surface area contributed by atoms with Gasteiger partial charge in [-0.25, -0.2) is 4.79 Å². The van der Waals surface area contributed by atoms with Crippen LogP contribution in [-0.4, -0.2) is 79.2 Å². The molecule has 1 fully saturated rings. The summed E-state index contributed by atoms with van der Waals surface area (Å²) in [5.74, 6) is -0.186. The van der Waals surface area contributed by atoms with E-state index in [1.165, 1.54) is 4.90 Å². The Balaban J connectivity index is 2.24. The van der Waals surface area contributed by atoms with Crippen molar-refractivity contribution < 1.29 is 23.9 Å². The summed E-state index contributed by atoms with van der Waals surface area (Å²) >= 11 is 0. The number of ether oxygens (including phenoxy) is 1. The summed E-state index contributed by atoms with van der Waals surface area (Å²) in [5, 5.41) is 10.2. The quantitative estimate of drug-likeness (QED) is 0.598. The Morgan fingerprint density at radius 2 is 1.73 bits per heavy atom. The van der Waals surface area contributed by atoms with Gasteiger partial charge >= 0.3 is 6.09 Å². The molecule has 2 atom stereocenters. The SMILES string of the molecule is CC(C)(C)OC(=O)N1CCN([C@@H](CO)CO[Si](C)(C)C(C)(C)C)C(=O)[C@H]1Cc1ccccc1. The van der Waals surface area contributed by atoms with E-state index in [9.17, 15) is 14.7 Å². The summed E-state index contributed by atoms with van der Waals surface area (Å²) in [4.78, 5) is 29.8. The highest BCUT2D eigenvalue weighted by Gasteiger charge is 2.43. The van der Waals surface area contributed by atoms with Crippen molar-refractivity contribution in [3.63, 3.8) is 0 Å². The zero-order valence-corrected chi connectivity index (χ0v) is 22.6. The number of carbonyl (C=O) groups excluding carboxylic acids is 2. The van der Waals surface area contributed by atoms with E-state index >= 15 is 0 Å². The van der Waals surface area contributed by atoms with E-state index in [0.29, 0.717) is 19.5 Å². The summed E-state index contributed by atoms with van der Waals surface area (Å²) in [6.07, 6.45) is -0.106. The fraction of sp³-hybridized carbons (Fsp3) is 0.680. The van der Waals surface area contributed by atoms with E-state index in [1.807, 2.05) is 51.1 Å². The van der Waals surface area contributed by atoms with Gasteiger partial charge in [0.1, 0.15) is 11.6 Å². The first-order valence-corrected chi connectivity index (χ1v) is 14.7. The number of benzene rings is 1. The molecule has 0 unspecified atom stereocenters. The van der Waals surface area contributed by atoms with Gasteiger partial charge in [-0.2, -0.15) is 0 Å². The largest absolute Gasteiger partial charge is 0.444 e.